The smallest absolute Gasteiger partial charge is 0.306 e. The van der Waals surface area contributed by atoms with Gasteiger partial charge < -0.3 is 30.1 Å². The quantitative estimate of drug-likeness (QED) is 0.194. The molecular formula is C44H76N4O7. The van der Waals surface area contributed by atoms with Crippen molar-refractivity contribution in [1.29, 1.82) is 0 Å². The lowest BCUT2D eigenvalue weighted by molar-refractivity contribution is -0.193. The van der Waals surface area contributed by atoms with Gasteiger partial charge in [-0.2, -0.15) is 5.06 Å². The SMILES string of the molecule is CNC(=O)C1CC(C2CCCC(CN3O[C@@H](CO)[C@@H]([C@H](C)OC(=O)CCC4CCCCC4)[C@H]3C(=O)N[C@H]3C[C@H]4C[C@@H]([C@@H]3C)C4(C)C)C2OC)CC(N(C)C)C1. The first-order valence-electron chi connectivity index (χ1n) is 22.2. The van der Waals surface area contributed by atoms with Crippen molar-refractivity contribution in [3.63, 3.8) is 0 Å². The molecule has 0 aromatic heterocycles. The molecule has 55 heavy (non-hydrogen) atoms. The second-order valence-electron chi connectivity index (χ2n) is 19.7. The largest absolute Gasteiger partial charge is 0.462 e. The minimum absolute atomic E-state index is 0.0271. The number of fused-ring (bicyclic) bond motifs is 2. The number of hydrogen-bond acceptors (Lipinski definition) is 9. The highest BCUT2D eigenvalue weighted by molar-refractivity contribution is 5.83. The molecule has 2 bridgehead atoms. The Hall–Kier alpha value is -1.79. The van der Waals surface area contributed by atoms with E-state index in [1.807, 2.05) is 12.0 Å². The second kappa shape index (κ2) is 18.4. The van der Waals surface area contributed by atoms with Crippen molar-refractivity contribution >= 4 is 17.8 Å². The summed E-state index contributed by atoms with van der Waals surface area (Å²) in [6.07, 6.45) is 13.9. The Morgan fingerprint density at radius 1 is 0.982 bits per heavy atom. The number of nitrogens with zero attached hydrogens (tertiary/aromatic N) is 2. The van der Waals surface area contributed by atoms with E-state index in [2.05, 4.69) is 50.4 Å². The summed E-state index contributed by atoms with van der Waals surface area (Å²) in [5.74, 6) is 2.04. The third-order valence-electron chi connectivity index (χ3n) is 16.2. The molecule has 0 spiro atoms. The molecule has 6 unspecified atom stereocenters. The molecule has 314 valence electrons. The summed E-state index contributed by atoms with van der Waals surface area (Å²) in [6.45, 7) is 9.10. The molecule has 1 heterocycles. The van der Waals surface area contributed by atoms with Crippen LogP contribution >= 0.6 is 0 Å². The van der Waals surface area contributed by atoms with Crippen molar-refractivity contribution in [1.82, 2.24) is 20.6 Å². The highest BCUT2D eigenvalue weighted by Gasteiger charge is 2.58. The summed E-state index contributed by atoms with van der Waals surface area (Å²) in [5, 5.41) is 19.0. The van der Waals surface area contributed by atoms with Crippen LogP contribution in [-0.2, 0) is 28.7 Å². The number of aliphatic hydroxyl groups excluding tert-OH is 1. The zero-order chi connectivity index (χ0) is 39.6. The summed E-state index contributed by atoms with van der Waals surface area (Å²) < 4.78 is 12.6. The van der Waals surface area contributed by atoms with E-state index < -0.39 is 24.2 Å². The van der Waals surface area contributed by atoms with Crippen LogP contribution in [0.25, 0.3) is 0 Å². The van der Waals surface area contributed by atoms with Gasteiger partial charge in [-0.3, -0.25) is 19.2 Å². The molecule has 7 fully saturated rings. The zero-order valence-electron chi connectivity index (χ0n) is 35.5. The molecule has 7 aliphatic rings. The minimum Gasteiger partial charge on any atom is -0.462 e. The number of rotatable bonds is 14. The normalized spacial score (nSPS) is 39.9. The van der Waals surface area contributed by atoms with Crippen LogP contribution in [0.5, 0.6) is 0 Å². The number of aliphatic hydroxyl groups is 1. The Bertz CT molecular complexity index is 1310. The van der Waals surface area contributed by atoms with Gasteiger partial charge in [-0.25, -0.2) is 0 Å². The van der Waals surface area contributed by atoms with Gasteiger partial charge in [-0.15, -0.1) is 0 Å². The third-order valence-corrected chi connectivity index (χ3v) is 16.2. The molecule has 0 aromatic rings. The van der Waals surface area contributed by atoms with Crippen LogP contribution in [0.3, 0.4) is 0 Å². The second-order valence-corrected chi connectivity index (χ2v) is 19.7. The van der Waals surface area contributed by atoms with Crippen LogP contribution in [-0.4, -0.2) is 111 Å². The maximum atomic E-state index is 14.8. The van der Waals surface area contributed by atoms with Crippen molar-refractivity contribution in [3.8, 4) is 0 Å². The Kier molecular flexibility index (Phi) is 14.3. The number of nitrogens with one attached hydrogen (secondary N) is 2. The first-order chi connectivity index (χ1) is 26.3. The van der Waals surface area contributed by atoms with Gasteiger partial charge in [0.15, 0.2) is 0 Å². The molecule has 1 saturated heterocycles. The summed E-state index contributed by atoms with van der Waals surface area (Å²) in [6, 6.07) is -0.325. The Balaban J connectivity index is 1.20. The third kappa shape index (κ3) is 9.26. The number of amides is 2. The predicted molar refractivity (Wildman–Crippen MR) is 212 cm³/mol. The van der Waals surface area contributed by atoms with Crippen molar-refractivity contribution in [2.45, 2.75) is 160 Å². The average molecular weight is 773 g/mol. The minimum atomic E-state index is -0.722. The molecule has 0 aromatic carbocycles. The molecular weight excluding hydrogens is 697 g/mol. The standard InChI is InChI=1S/C44H76N4O7/c1-26-35-22-32(44(35,3)4)23-36(26)46-43(52)40-39(27(2)54-38(50)18-17-28-13-10-9-11-14-28)37(25-49)55-48(40)24-29-15-12-16-34(41(29)53-8)30-19-31(42(51)45-5)21-33(20-30)47(6)7/h26-37,39-41,49H,9-25H2,1-8H3,(H,45,51)(H,46,52)/t26-,27-,29?,30?,31?,32+,33?,34?,35-,36-,37-,39+,40-,41?/m0/s1. The molecule has 0 radical (unpaired) electrons. The topological polar surface area (TPSA) is 130 Å². The number of carbonyl (C=O) groups is 3. The fourth-order valence-electron chi connectivity index (χ4n) is 12.7. The number of carbonyl (C=O) groups excluding carboxylic acids is 3. The number of methoxy groups -OCH3 is 1. The first-order valence-corrected chi connectivity index (χ1v) is 22.2. The number of hydrogen-bond donors (Lipinski definition) is 3. The van der Waals surface area contributed by atoms with Crippen LogP contribution in [0.1, 0.15) is 124 Å². The van der Waals surface area contributed by atoms with E-state index in [-0.39, 0.29) is 54.3 Å². The van der Waals surface area contributed by atoms with Crippen LogP contribution in [0.4, 0.5) is 0 Å². The molecule has 11 heteroatoms. The lowest BCUT2D eigenvalue weighted by Crippen LogP contribution is -2.62. The Morgan fingerprint density at radius 3 is 2.36 bits per heavy atom. The monoisotopic (exact) mass is 773 g/mol. The van der Waals surface area contributed by atoms with Crippen molar-refractivity contribution < 1.29 is 33.8 Å². The molecule has 11 nitrogen and oxygen atoms in total. The lowest BCUT2D eigenvalue weighted by Gasteiger charge is -2.62. The Labute approximate surface area is 332 Å². The van der Waals surface area contributed by atoms with E-state index >= 15 is 0 Å². The molecule has 1 aliphatic heterocycles. The van der Waals surface area contributed by atoms with Gasteiger partial charge in [0.05, 0.1) is 18.6 Å². The number of hydroxylamine groups is 2. The number of esters is 1. The van der Waals surface area contributed by atoms with Crippen molar-refractivity contribution in [2.75, 3.05) is 41.4 Å². The molecule has 3 N–H and O–H groups in total. The maximum Gasteiger partial charge on any atom is 0.306 e. The van der Waals surface area contributed by atoms with Crippen LogP contribution in [0, 0.1) is 58.7 Å². The van der Waals surface area contributed by atoms with Gasteiger partial charge in [0.1, 0.15) is 18.2 Å². The van der Waals surface area contributed by atoms with Gasteiger partial charge in [-0.05, 0) is 113 Å². The molecule has 2 amide bonds. The zero-order valence-corrected chi connectivity index (χ0v) is 35.5. The highest BCUT2D eigenvalue weighted by Crippen LogP contribution is 2.61. The van der Waals surface area contributed by atoms with Crippen LogP contribution in [0.15, 0.2) is 0 Å². The van der Waals surface area contributed by atoms with Gasteiger partial charge >= 0.3 is 5.97 Å². The summed E-state index contributed by atoms with van der Waals surface area (Å²) in [5.41, 5.74) is 0.298. The molecule has 6 saturated carbocycles. The van der Waals surface area contributed by atoms with Gasteiger partial charge in [0, 0.05) is 51.0 Å². The van der Waals surface area contributed by atoms with Gasteiger partial charge in [0.2, 0.25) is 11.8 Å². The van der Waals surface area contributed by atoms with E-state index in [1.54, 1.807) is 14.2 Å². The lowest BCUT2D eigenvalue weighted by atomic mass is 9.45. The average Bonchev–Trinajstić information content (AvgIpc) is 3.55. The molecule has 6 aliphatic carbocycles. The van der Waals surface area contributed by atoms with Gasteiger partial charge in [-0.1, -0.05) is 59.3 Å². The van der Waals surface area contributed by atoms with E-state index in [1.165, 1.54) is 38.5 Å². The van der Waals surface area contributed by atoms with Gasteiger partial charge in [0.25, 0.3) is 0 Å². The molecule has 7 rings (SSSR count). The van der Waals surface area contributed by atoms with E-state index in [9.17, 15) is 19.5 Å². The summed E-state index contributed by atoms with van der Waals surface area (Å²) in [7, 11) is 7.77. The van der Waals surface area contributed by atoms with E-state index in [4.69, 9.17) is 14.3 Å². The van der Waals surface area contributed by atoms with Crippen molar-refractivity contribution in [3.05, 3.63) is 0 Å². The summed E-state index contributed by atoms with van der Waals surface area (Å²) >= 11 is 0. The Morgan fingerprint density at radius 2 is 1.73 bits per heavy atom. The first kappa shape index (κ1) is 42.8. The fourth-order valence-corrected chi connectivity index (χ4v) is 12.7. The fraction of sp³-hybridized carbons (Fsp3) is 0.932. The maximum absolute atomic E-state index is 14.8. The van der Waals surface area contributed by atoms with Crippen molar-refractivity contribution in [2.24, 2.45) is 58.7 Å². The predicted octanol–water partition coefficient (Wildman–Crippen LogP) is 5.58. The number of ether oxygens (including phenoxy) is 2. The van der Waals surface area contributed by atoms with Crippen LogP contribution in [0.2, 0.25) is 0 Å². The summed E-state index contributed by atoms with van der Waals surface area (Å²) in [4.78, 5) is 49.9. The van der Waals surface area contributed by atoms with Crippen LogP contribution < -0.4 is 10.6 Å². The van der Waals surface area contributed by atoms with E-state index in [0.717, 1.165) is 51.4 Å². The molecule has 14 atom stereocenters. The highest BCUT2D eigenvalue weighted by atomic mass is 16.7. The van der Waals surface area contributed by atoms with E-state index in [0.29, 0.717) is 54.0 Å².